The zero-order chi connectivity index (χ0) is 60.0. The number of hydrogen-bond acceptors (Lipinski definition) is 7. The van der Waals surface area contributed by atoms with E-state index in [0.29, 0.717) is 17.7 Å². The number of ketones is 4. The molecule has 0 aromatic heterocycles. The second kappa shape index (κ2) is 14.6. The highest BCUT2D eigenvalue weighted by molar-refractivity contribution is 7.92. The van der Waals surface area contributed by atoms with Gasteiger partial charge in [0.1, 0.15) is 5.78 Å². The SMILES string of the molecule is [2H]C([2H])(C)CC[C@H](CC(=O)[C@@H]1[C@@H]2[C@H](CN1C(=O)[C@@H](CC(=O)CC1(CS(=O)(=O)C(C)(C([2H])([2H])[2H])C([2H])([2H])[2H])C([2H])([2H])C([2H])([2H])C([2H])([2H])C([2H])([2H])C1([2H])[2H])C(C([2H])([2H])[2H])(C([2H])([2H])[2H])C([2H])([2H])[2H])C2(C)C)C(=O)C(=O)CC1CC1. The van der Waals surface area contributed by atoms with Gasteiger partial charge in [-0.1, -0.05) is 73.2 Å². The highest BCUT2D eigenvalue weighted by Gasteiger charge is 2.69. The maximum Gasteiger partial charge on any atom is 0.227 e. The molecular weight excluding hydrogens is 639 g/mol. The van der Waals surface area contributed by atoms with Gasteiger partial charge in [0, 0.05) is 81.1 Å². The summed E-state index contributed by atoms with van der Waals surface area (Å²) < 4.78 is 254. The van der Waals surface area contributed by atoms with Crippen LogP contribution in [0.1, 0.15) is 189 Å². The summed E-state index contributed by atoms with van der Waals surface area (Å²) in [6, 6.07) is -1.82. The van der Waals surface area contributed by atoms with Crippen LogP contribution in [0.3, 0.4) is 0 Å². The number of amides is 1. The molecule has 0 spiro atoms. The Morgan fingerprint density at radius 3 is 2.22 bits per heavy atom. The first kappa shape index (κ1) is 16.8. The number of Topliss-reactive ketones (excluding diaryl/α,β-unsaturated/α-hetero) is 4. The largest absolute Gasteiger partial charge is 0.332 e. The van der Waals surface area contributed by atoms with E-state index >= 15 is 9.59 Å². The van der Waals surface area contributed by atoms with Gasteiger partial charge in [0.2, 0.25) is 11.7 Å². The first-order chi connectivity index (χ1) is 33.2. The Balaban J connectivity index is 2.06. The Morgan fingerprint density at radius 1 is 1.00 bits per heavy atom. The summed E-state index contributed by atoms with van der Waals surface area (Å²) in [6.45, 7) is -17.8. The van der Waals surface area contributed by atoms with Gasteiger partial charge in [-0.3, -0.25) is 24.0 Å². The summed E-state index contributed by atoms with van der Waals surface area (Å²) in [5.41, 5.74) is -9.74. The molecule has 9 heteroatoms. The average molecular weight is 731 g/mol. The molecule has 0 N–H and O–H groups in total. The van der Waals surface area contributed by atoms with E-state index in [2.05, 4.69) is 0 Å². The number of carbonyl (C=O) groups is 5. The normalized spacial score (nSPS) is 40.9. The van der Waals surface area contributed by atoms with Crippen LogP contribution in [0.15, 0.2) is 0 Å². The van der Waals surface area contributed by atoms with Crippen LogP contribution < -0.4 is 0 Å². The number of sulfone groups is 1. The number of rotatable bonds is 17. The van der Waals surface area contributed by atoms with Crippen molar-refractivity contribution in [3.05, 3.63) is 0 Å². The fourth-order valence-electron chi connectivity index (χ4n) is 7.11. The van der Waals surface area contributed by atoms with Crippen LogP contribution in [0.5, 0.6) is 0 Å². The topological polar surface area (TPSA) is 123 Å². The molecule has 0 aromatic carbocycles. The Labute approximate surface area is 334 Å². The lowest BCUT2D eigenvalue weighted by molar-refractivity contribution is -0.148. The van der Waals surface area contributed by atoms with Gasteiger partial charge in [-0.25, -0.2) is 8.42 Å². The fraction of sp³-hybridized carbons (Fsp3) is 0.875. The number of piperidine rings is 1. The summed E-state index contributed by atoms with van der Waals surface area (Å²) in [5, 5.41) is 0. The lowest BCUT2D eigenvalue weighted by atomic mass is 9.70. The molecule has 3 aliphatic carbocycles. The predicted molar refractivity (Wildman–Crippen MR) is 192 cm³/mol. The molecule has 4 aliphatic rings. The van der Waals surface area contributed by atoms with Gasteiger partial charge >= 0.3 is 0 Å². The van der Waals surface area contributed by atoms with Gasteiger partial charge < -0.3 is 4.90 Å². The van der Waals surface area contributed by atoms with E-state index in [0.717, 1.165) is 0 Å². The van der Waals surface area contributed by atoms with Gasteiger partial charge in [-0.05, 0) is 86.6 Å². The van der Waals surface area contributed by atoms with Crippen molar-refractivity contribution >= 4 is 38.9 Å². The van der Waals surface area contributed by atoms with Crippen LogP contribution in [0.25, 0.3) is 0 Å². The Morgan fingerprint density at radius 2 is 1.65 bits per heavy atom. The number of fused-ring (bicyclic) bond motifs is 1. The van der Waals surface area contributed by atoms with Crippen molar-refractivity contribution in [2.24, 2.45) is 45.8 Å². The molecule has 3 saturated carbocycles. The van der Waals surface area contributed by atoms with Gasteiger partial charge in [-0.15, -0.1) is 0 Å². The van der Waals surface area contributed by atoms with Crippen LogP contribution in [0.4, 0.5) is 0 Å². The van der Waals surface area contributed by atoms with E-state index in [1.165, 1.54) is 6.92 Å². The fourth-order valence-corrected chi connectivity index (χ4v) is 8.29. The number of carbonyl (C=O) groups excluding carboxylic acids is 5. The first-order valence-corrected chi connectivity index (χ1v) is 18.0. The summed E-state index contributed by atoms with van der Waals surface area (Å²) in [6.07, 6.45) is -29.7. The van der Waals surface area contributed by atoms with Crippen molar-refractivity contribution in [2.75, 3.05) is 12.3 Å². The van der Waals surface area contributed by atoms with Crippen molar-refractivity contribution < 1.29 is 69.4 Å². The molecule has 1 saturated heterocycles. The molecule has 0 unspecified atom stereocenters. The third-order valence-electron chi connectivity index (χ3n) is 10.4. The van der Waals surface area contributed by atoms with Crippen molar-refractivity contribution in [1.82, 2.24) is 4.90 Å². The average Bonchev–Trinajstić information content (AvgIpc) is 4.04. The quantitative estimate of drug-likeness (QED) is 0.144. The standard InChI is InChI=1S/C40H65NO7S/c1-10-11-15-27(35(45)32(44)20-26-16-17-26)21-31(43)34-33-30(39(33,8)9)24-41(34)36(46)29(37(2,3)4)22-28(42)23-40(18-13-12-14-19-40)25-49(47,48)38(5,6)7/h26-27,29-30,33-34H,10-25H2,1-9H3/t27-,29-,30+,33+,34-/m1/s1/i2D3,3D3,4D3,5D3,6D3,10D2,12D2,13D2,14D2,18D2,19D2. The third kappa shape index (κ3) is 9.13. The molecule has 1 heterocycles. The Hall–Kier alpha value is -1.90. The van der Waals surface area contributed by atoms with Crippen molar-refractivity contribution in [3.8, 4) is 0 Å². The van der Waals surface area contributed by atoms with Crippen molar-refractivity contribution in [2.45, 2.75) is 162 Å². The molecule has 0 bridgehead atoms. The minimum atomic E-state index is -6.40. The second-order valence-electron chi connectivity index (χ2n) is 14.9. The van der Waals surface area contributed by atoms with Crippen molar-refractivity contribution in [3.63, 3.8) is 0 Å². The van der Waals surface area contributed by atoms with E-state index < -0.39 is 194 Å². The summed E-state index contributed by atoms with van der Waals surface area (Å²) in [7, 11) is -6.40. The zero-order valence-corrected chi connectivity index (χ0v) is 29.1. The number of nitrogens with zero attached hydrogens (tertiary/aromatic N) is 1. The number of hydrogen-bond donors (Lipinski definition) is 0. The maximum atomic E-state index is 15.5. The lowest BCUT2D eigenvalue weighted by Crippen LogP contribution is -2.51. The van der Waals surface area contributed by atoms with Gasteiger partial charge in [0.05, 0.1) is 16.5 Å². The summed E-state index contributed by atoms with van der Waals surface area (Å²) in [5.74, 6) is -16.3. The van der Waals surface area contributed by atoms with E-state index in [9.17, 15) is 22.8 Å². The highest BCUT2D eigenvalue weighted by Crippen LogP contribution is 2.65. The zero-order valence-electron chi connectivity index (χ0n) is 55.2. The van der Waals surface area contributed by atoms with E-state index in [1.807, 2.05) is 0 Å². The van der Waals surface area contributed by atoms with E-state index in [4.69, 9.17) is 37.0 Å². The van der Waals surface area contributed by atoms with Crippen LogP contribution >= 0.6 is 0 Å². The monoisotopic (exact) mass is 731 g/mol. The summed E-state index contributed by atoms with van der Waals surface area (Å²) in [4.78, 5) is 72.8. The van der Waals surface area contributed by atoms with Crippen molar-refractivity contribution in [1.29, 1.82) is 0 Å². The van der Waals surface area contributed by atoms with Gasteiger partial charge in [0.15, 0.2) is 21.4 Å². The molecule has 4 rings (SSSR count). The smallest absolute Gasteiger partial charge is 0.227 e. The van der Waals surface area contributed by atoms with Gasteiger partial charge in [0.25, 0.3) is 0 Å². The third-order valence-corrected chi connectivity index (χ3v) is 12.5. The van der Waals surface area contributed by atoms with Gasteiger partial charge in [-0.2, -0.15) is 0 Å². The molecular formula is C40H65NO7S. The van der Waals surface area contributed by atoms with Crippen LogP contribution in [-0.4, -0.2) is 65.4 Å². The lowest BCUT2D eigenvalue weighted by Gasteiger charge is -2.40. The number of likely N-dealkylation sites (tertiary alicyclic amines) is 1. The molecule has 4 fully saturated rings. The minimum absolute atomic E-state index is 0.0893. The molecule has 1 amide bonds. The molecule has 0 radical (unpaired) electrons. The molecule has 5 atom stereocenters. The Bertz CT molecular complexity index is 2350. The van der Waals surface area contributed by atoms with Crippen LogP contribution in [-0.2, 0) is 33.8 Å². The molecule has 8 nitrogen and oxygen atoms in total. The van der Waals surface area contributed by atoms with Crippen LogP contribution in [0, 0.1) is 45.8 Å². The molecule has 0 aromatic rings. The molecule has 278 valence electrons. The highest BCUT2D eigenvalue weighted by atomic mass is 32.2. The first-order valence-electron chi connectivity index (χ1n) is 29.9. The van der Waals surface area contributed by atoms with E-state index in [1.54, 1.807) is 13.8 Å². The molecule has 1 aliphatic heterocycles. The second-order valence-corrected chi connectivity index (χ2v) is 17.2. The maximum absolute atomic E-state index is 15.5. The predicted octanol–water partition coefficient (Wildman–Crippen LogP) is 7.35. The molecule has 49 heavy (non-hydrogen) atoms. The van der Waals surface area contributed by atoms with E-state index in [-0.39, 0.29) is 32.1 Å². The summed E-state index contributed by atoms with van der Waals surface area (Å²) >= 11 is 0. The minimum Gasteiger partial charge on any atom is -0.332 e. The van der Waals surface area contributed by atoms with Crippen LogP contribution in [0.2, 0.25) is 0 Å². The Kier molecular flexibility index (Phi) is 5.02.